The van der Waals surface area contributed by atoms with E-state index in [1.807, 2.05) is 0 Å². The molecule has 0 bridgehead atoms. The van der Waals surface area contributed by atoms with Crippen molar-refractivity contribution in [3.8, 4) is 0 Å². The molecule has 0 radical (unpaired) electrons. The lowest BCUT2D eigenvalue weighted by molar-refractivity contribution is 0.141. The predicted octanol–water partition coefficient (Wildman–Crippen LogP) is 3.33. The molecule has 0 fully saturated rings. The maximum absolute atomic E-state index is 13.1. The van der Waals surface area contributed by atoms with E-state index in [9.17, 15) is 14.3 Å². The number of rotatable bonds is 5. The molecule has 22 heavy (non-hydrogen) atoms. The lowest BCUT2D eigenvalue weighted by Gasteiger charge is -2.29. The molecule has 124 valence electrons. The summed E-state index contributed by atoms with van der Waals surface area (Å²) in [5.74, 6) is -0.296. The van der Waals surface area contributed by atoms with Gasteiger partial charge in [0.25, 0.3) is 0 Å². The Morgan fingerprint density at radius 3 is 2.32 bits per heavy atom. The number of nitrogens with one attached hydrogen (secondary N) is 1. The Bertz CT molecular complexity index is 480. The van der Waals surface area contributed by atoms with E-state index in [0.717, 1.165) is 12.0 Å². The number of aliphatic hydroxyl groups is 1. The smallest absolute Gasteiger partial charge is 0.317 e. The van der Waals surface area contributed by atoms with Gasteiger partial charge in [0.1, 0.15) is 5.82 Å². The molecule has 0 saturated heterocycles. The molecule has 2 amide bonds. The third-order valence-electron chi connectivity index (χ3n) is 3.27. The molecule has 2 unspecified atom stereocenters. The van der Waals surface area contributed by atoms with Crippen LogP contribution in [0.2, 0.25) is 0 Å². The van der Waals surface area contributed by atoms with Gasteiger partial charge in [0.15, 0.2) is 0 Å². The largest absolute Gasteiger partial charge is 0.392 e. The van der Waals surface area contributed by atoms with Gasteiger partial charge in [0, 0.05) is 13.6 Å². The molecule has 0 saturated carbocycles. The van der Waals surface area contributed by atoms with E-state index < -0.39 is 6.10 Å². The zero-order valence-electron chi connectivity index (χ0n) is 14.1. The van der Waals surface area contributed by atoms with Crippen molar-refractivity contribution in [3.05, 3.63) is 35.6 Å². The number of aliphatic hydroxyl groups excluding tert-OH is 1. The van der Waals surface area contributed by atoms with Crippen LogP contribution in [0.1, 0.15) is 45.7 Å². The second-order valence-corrected chi connectivity index (χ2v) is 7.05. The van der Waals surface area contributed by atoms with E-state index >= 15 is 0 Å². The van der Waals surface area contributed by atoms with Crippen molar-refractivity contribution in [3.63, 3.8) is 0 Å². The first kappa shape index (κ1) is 18.4. The van der Waals surface area contributed by atoms with Gasteiger partial charge in [-0.1, -0.05) is 32.9 Å². The molecule has 2 atom stereocenters. The van der Waals surface area contributed by atoms with Crippen molar-refractivity contribution in [2.24, 2.45) is 5.41 Å². The van der Waals surface area contributed by atoms with E-state index in [1.165, 1.54) is 17.0 Å². The number of nitrogens with zero attached hydrogens (tertiary/aromatic N) is 1. The summed E-state index contributed by atoms with van der Waals surface area (Å²) in [5, 5.41) is 12.3. The zero-order valence-corrected chi connectivity index (χ0v) is 14.1. The molecule has 1 aromatic carbocycles. The first-order chi connectivity index (χ1) is 10.1. The molecule has 0 aromatic heterocycles. The molecule has 0 spiro atoms. The summed E-state index contributed by atoms with van der Waals surface area (Å²) in [7, 11) is 1.64. The summed E-state index contributed by atoms with van der Waals surface area (Å²) in [6.45, 7) is 8.17. The number of amides is 2. The van der Waals surface area contributed by atoms with E-state index in [2.05, 4.69) is 26.1 Å². The van der Waals surface area contributed by atoms with Crippen LogP contribution in [0.4, 0.5) is 9.18 Å². The highest BCUT2D eigenvalue weighted by Crippen LogP contribution is 2.29. The quantitative estimate of drug-likeness (QED) is 0.876. The Kier molecular flexibility index (Phi) is 6.35. The van der Waals surface area contributed by atoms with Crippen molar-refractivity contribution in [2.45, 2.75) is 46.3 Å². The lowest BCUT2D eigenvalue weighted by atomic mass is 9.85. The number of hydrogen-bond donors (Lipinski definition) is 2. The van der Waals surface area contributed by atoms with Crippen LogP contribution in [0.3, 0.4) is 0 Å². The Morgan fingerprint density at radius 1 is 1.32 bits per heavy atom. The van der Waals surface area contributed by atoms with E-state index in [-0.39, 0.29) is 29.8 Å². The number of hydrogen-bond acceptors (Lipinski definition) is 2. The molecular weight excluding hydrogens is 283 g/mol. The molecule has 0 aliphatic carbocycles. The van der Waals surface area contributed by atoms with Gasteiger partial charge in [-0.2, -0.15) is 0 Å². The monoisotopic (exact) mass is 310 g/mol. The first-order valence-corrected chi connectivity index (χ1v) is 7.53. The van der Waals surface area contributed by atoms with Gasteiger partial charge >= 0.3 is 6.03 Å². The topological polar surface area (TPSA) is 52.6 Å². The van der Waals surface area contributed by atoms with Crippen LogP contribution in [0.25, 0.3) is 0 Å². The fourth-order valence-electron chi connectivity index (χ4n) is 2.30. The third-order valence-corrected chi connectivity index (χ3v) is 3.27. The van der Waals surface area contributed by atoms with Gasteiger partial charge in [0.05, 0.1) is 12.1 Å². The normalized spacial score (nSPS) is 14.3. The molecule has 0 aliphatic rings. The van der Waals surface area contributed by atoms with Crippen LogP contribution < -0.4 is 5.32 Å². The number of likely N-dealkylation sites (N-methyl/N-ethyl adjacent to an activating group) is 1. The summed E-state index contributed by atoms with van der Waals surface area (Å²) in [6, 6.07) is 5.73. The second-order valence-electron chi connectivity index (χ2n) is 7.05. The maximum atomic E-state index is 13.1. The van der Waals surface area contributed by atoms with Gasteiger partial charge in [-0.3, -0.25) is 0 Å². The minimum atomic E-state index is -0.581. The van der Waals surface area contributed by atoms with E-state index in [0.29, 0.717) is 0 Å². The van der Waals surface area contributed by atoms with Crippen LogP contribution in [0.5, 0.6) is 0 Å². The third kappa shape index (κ3) is 6.43. The standard InChI is InChI=1S/C17H27FN2O2/c1-12(21)11-20(5)16(22)19-15(10-17(2,3)4)13-6-8-14(18)9-7-13/h6-9,12,15,21H,10-11H2,1-5H3,(H,19,22). The fourth-order valence-corrected chi connectivity index (χ4v) is 2.30. The fraction of sp³-hybridized carbons (Fsp3) is 0.588. The summed E-state index contributed by atoms with van der Waals surface area (Å²) in [5.41, 5.74) is 0.880. The SMILES string of the molecule is CC(O)CN(C)C(=O)NC(CC(C)(C)C)c1ccc(F)cc1. The van der Waals surface area contributed by atoms with Gasteiger partial charge in [0.2, 0.25) is 0 Å². The lowest BCUT2D eigenvalue weighted by Crippen LogP contribution is -2.43. The second kappa shape index (κ2) is 7.58. The Morgan fingerprint density at radius 2 is 1.86 bits per heavy atom. The van der Waals surface area contributed by atoms with Crippen molar-refractivity contribution in [1.82, 2.24) is 10.2 Å². The Hall–Kier alpha value is -1.62. The van der Waals surface area contributed by atoms with Gasteiger partial charge in [-0.05, 0) is 36.5 Å². The summed E-state index contributed by atoms with van der Waals surface area (Å²) < 4.78 is 13.1. The molecule has 0 heterocycles. The number of carbonyl (C=O) groups is 1. The molecule has 2 N–H and O–H groups in total. The molecule has 4 nitrogen and oxygen atoms in total. The van der Waals surface area contributed by atoms with Crippen LogP contribution in [-0.4, -0.2) is 35.7 Å². The van der Waals surface area contributed by atoms with Crippen molar-refractivity contribution >= 4 is 6.03 Å². The molecule has 1 aromatic rings. The minimum Gasteiger partial charge on any atom is -0.392 e. The van der Waals surface area contributed by atoms with Crippen LogP contribution >= 0.6 is 0 Å². The van der Waals surface area contributed by atoms with Crippen LogP contribution in [0.15, 0.2) is 24.3 Å². The zero-order chi connectivity index (χ0) is 16.9. The van der Waals surface area contributed by atoms with Crippen molar-refractivity contribution in [2.75, 3.05) is 13.6 Å². The number of carbonyl (C=O) groups excluding carboxylic acids is 1. The van der Waals surface area contributed by atoms with E-state index in [4.69, 9.17) is 0 Å². The van der Waals surface area contributed by atoms with Gasteiger partial charge in [-0.25, -0.2) is 9.18 Å². The first-order valence-electron chi connectivity index (χ1n) is 7.53. The molecule has 5 heteroatoms. The number of urea groups is 1. The average molecular weight is 310 g/mol. The maximum Gasteiger partial charge on any atom is 0.317 e. The Balaban J connectivity index is 2.87. The van der Waals surface area contributed by atoms with Crippen LogP contribution in [-0.2, 0) is 0 Å². The minimum absolute atomic E-state index is 0.00910. The summed E-state index contributed by atoms with van der Waals surface area (Å²) >= 11 is 0. The van der Waals surface area contributed by atoms with Crippen molar-refractivity contribution in [1.29, 1.82) is 0 Å². The molecular formula is C17H27FN2O2. The van der Waals surface area contributed by atoms with Crippen LogP contribution in [0, 0.1) is 11.2 Å². The highest BCUT2D eigenvalue weighted by Gasteiger charge is 2.23. The Labute approximate surface area is 132 Å². The van der Waals surface area contributed by atoms with Gasteiger partial charge < -0.3 is 15.3 Å². The average Bonchev–Trinajstić information content (AvgIpc) is 2.36. The van der Waals surface area contributed by atoms with E-state index in [1.54, 1.807) is 26.1 Å². The molecule has 1 rings (SSSR count). The van der Waals surface area contributed by atoms with Gasteiger partial charge in [-0.15, -0.1) is 0 Å². The van der Waals surface area contributed by atoms with Crippen molar-refractivity contribution < 1.29 is 14.3 Å². The highest BCUT2D eigenvalue weighted by molar-refractivity contribution is 5.74. The summed E-state index contributed by atoms with van der Waals surface area (Å²) in [4.78, 5) is 13.7. The molecule has 0 aliphatic heterocycles. The predicted molar refractivity (Wildman–Crippen MR) is 86.1 cm³/mol. The number of benzene rings is 1. The highest BCUT2D eigenvalue weighted by atomic mass is 19.1. The summed E-state index contributed by atoms with van der Waals surface area (Å²) in [6.07, 6.45) is 0.148. The number of halogens is 1.